The topological polar surface area (TPSA) is 83.1 Å². The van der Waals surface area contributed by atoms with Crippen molar-refractivity contribution in [3.8, 4) is 11.1 Å². The molecule has 1 saturated heterocycles. The van der Waals surface area contributed by atoms with Crippen molar-refractivity contribution in [3.05, 3.63) is 108 Å². The quantitative estimate of drug-likeness (QED) is 0.198. The van der Waals surface area contributed by atoms with E-state index in [0.717, 1.165) is 46.5 Å². The Labute approximate surface area is 262 Å². The number of carbonyl (C=O) groups excluding carboxylic acids is 1. The number of urea groups is 1. The summed E-state index contributed by atoms with van der Waals surface area (Å²) in [6.45, 7) is 10.9. The van der Waals surface area contributed by atoms with Gasteiger partial charge in [-0.1, -0.05) is 98.6 Å². The fraction of sp³-hybridized carbons (Fsp3) is 0.432. The van der Waals surface area contributed by atoms with E-state index in [-0.39, 0.29) is 30.8 Å². The number of benzene rings is 3. The zero-order chi connectivity index (χ0) is 30.9. The van der Waals surface area contributed by atoms with Crippen molar-refractivity contribution in [1.29, 1.82) is 0 Å². The van der Waals surface area contributed by atoms with Gasteiger partial charge in [-0.25, -0.2) is 4.79 Å². The minimum atomic E-state index is -0.517. The molecule has 0 bridgehead atoms. The summed E-state index contributed by atoms with van der Waals surface area (Å²) in [5.41, 5.74) is 6.14. The third-order valence-electron chi connectivity index (χ3n) is 9.03. The van der Waals surface area contributed by atoms with Gasteiger partial charge in [0.2, 0.25) is 0 Å². The third-order valence-corrected chi connectivity index (χ3v) is 9.03. The molecule has 1 aliphatic heterocycles. The third kappa shape index (κ3) is 7.77. The highest BCUT2D eigenvalue weighted by atomic mass is 16.7. The van der Waals surface area contributed by atoms with Gasteiger partial charge < -0.3 is 25.2 Å². The van der Waals surface area contributed by atoms with E-state index in [0.29, 0.717) is 19.1 Å². The van der Waals surface area contributed by atoms with Gasteiger partial charge in [0, 0.05) is 43.7 Å². The molecule has 0 radical (unpaired) electrons. The second kappa shape index (κ2) is 15.5. The molecule has 2 amide bonds. The first-order chi connectivity index (χ1) is 21.5. The molecule has 7 nitrogen and oxygen atoms in total. The Morgan fingerprint density at radius 1 is 0.977 bits per heavy atom. The Hall–Kier alpha value is -3.49. The SMILES string of the molecule is C=CCN(C[C@H]1O[C@@H](c2ccc(-c3ccccc3CNC(=O)NCC)cc2)O[C@@H](c2ccc(CO)cc2)[C@H]1C)C1CCCC1. The fourth-order valence-corrected chi connectivity index (χ4v) is 6.54. The molecule has 234 valence electrons. The first-order valence-electron chi connectivity index (χ1n) is 16.1. The molecule has 1 aliphatic carbocycles. The van der Waals surface area contributed by atoms with E-state index >= 15 is 0 Å². The monoisotopic (exact) mass is 597 g/mol. The average Bonchev–Trinajstić information content (AvgIpc) is 3.60. The lowest BCUT2D eigenvalue weighted by Crippen LogP contribution is -2.47. The molecule has 1 saturated carbocycles. The van der Waals surface area contributed by atoms with Crippen molar-refractivity contribution in [3.63, 3.8) is 0 Å². The van der Waals surface area contributed by atoms with Crippen molar-refractivity contribution >= 4 is 6.03 Å². The van der Waals surface area contributed by atoms with Crippen LogP contribution in [0.4, 0.5) is 4.79 Å². The standard InChI is InChI=1S/C37H47N3O4/c1-4-22-40(32-11-7-8-12-32)24-34-26(3)35(29-16-14-27(25-41)15-17-29)44-36(43-34)30-20-18-28(19-21-30)33-13-9-6-10-31(33)23-39-37(42)38-5-2/h4,6,9-10,13-21,26,32,34-36,41H,1,5,7-8,11-12,22-25H2,2-3H3,(H2,38,39,42)/t26-,34+,35+,36+/m0/s1. The molecule has 5 rings (SSSR count). The van der Waals surface area contributed by atoms with Crippen LogP contribution >= 0.6 is 0 Å². The molecule has 44 heavy (non-hydrogen) atoms. The van der Waals surface area contributed by atoms with Gasteiger partial charge in [-0.2, -0.15) is 0 Å². The van der Waals surface area contributed by atoms with Crippen LogP contribution in [0.15, 0.2) is 85.5 Å². The Morgan fingerprint density at radius 3 is 2.36 bits per heavy atom. The summed E-state index contributed by atoms with van der Waals surface area (Å²) in [4.78, 5) is 14.5. The lowest BCUT2D eigenvalue weighted by molar-refractivity contribution is -0.276. The predicted molar refractivity (Wildman–Crippen MR) is 175 cm³/mol. The molecular formula is C37H47N3O4. The molecule has 3 N–H and O–H groups in total. The number of nitrogens with zero attached hydrogens (tertiary/aromatic N) is 1. The van der Waals surface area contributed by atoms with Crippen LogP contribution in [-0.4, -0.2) is 47.8 Å². The predicted octanol–water partition coefficient (Wildman–Crippen LogP) is 6.89. The Kier molecular flexibility index (Phi) is 11.2. The number of ether oxygens (including phenoxy) is 2. The maximum atomic E-state index is 12.0. The van der Waals surface area contributed by atoms with Crippen LogP contribution < -0.4 is 10.6 Å². The fourth-order valence-electron chi connectivity index (χ4n) is 6.54. The van der Waals surface area contributed by atoms with Crippen LogP contribution in [0, 0.1) is 5.92 Å². The number of aliphatic hydroxyl groups excluding tert-OH is 1. The van der Waals surface area contributed by atoms with Gasteiger partial charge in [-0.05, 0) is 47.6 Å². The van der Waals surface area contributed by atoms with E-state index in [1.807, 2.05) is 43.3 Å². The van der Waals surface area contributed by atoms with E-state index in [2.05, 4.69) is 71.5 Å². The highest BCUT2D eigenvalue weighted by Crippen LogP contribution is 2.42. The minimum Gasteiger partial charge on any atom is -0.392 e. The van der Waals surface area contributed by atoms with Gasteiger partial charge in [0.15, 0.2) is 6.29 Å². The van der Waals surface area contributed by atoms with Crippen LogP contribution in [0.5, 0.6) is 0 Å². The number of amides is 2. The number of hydrogen-bond donors (Lipinski definition) is 3. The van der Waals surface area contributed by atoms with E-state index in [9.17, 15) is 9.90 Å². The average molecular weight is 598 g/mol. The molecule has 0 spiro atoms. The summed E-state index contributed by atoms with van der Waals surface area (Å²) in [6.07, 6.45) is 6.32. The number of hydrogen-bond acceptors (Lipinski definition) is 5. The zero-order valence-corrected chi connectivity index (χ0v) is 26.1. The Morgan fingerprint density at radius 2 is 1.68 bits per heavy atom. The number of nitrogens with one attached hydrogen (secondary N) is 2. The van der Waals surface area contributed by atoms with Crippen LogP contribution in [0.3, 0.4) is 0 Å². The second-order valence-electron chi connectivity index (χ2n) is 12.0. The number of carbonyl (C=O) groups is 1. The van der Waals surface area contributed by atoms with E-state index in [1.54, 1.807) is 0 Å². The molecule has 2 fully saturated rings. The molecule has 1 heterocycles. The second-order valence-corrected chi connectivity index (χ2v) is 12.0. The largest absolute Gasteiger partial charge is 0.392 e. The molecule has 7 heteroatoms. The highest BCUT2D eigenvalue weighted by molar-refractivity contribution is 5.74. The van der Waals surface area contributed by atoms with Gasteiger partial charge >= 0.3 is 6.03 Å². The Balaban J connectivity index is 1.39. The van der Waals surface area contributed by atoms with Crippen molar-refractivity contribution in [2.45, 2.75) is 77.2 Å². The summed E-state index contributed by atoms with van der Waals surface area (Å²) in [7, 11) is 0. The Bertz CT molecular complexity index is 1350. The first-order valence-corrected chi connectivity index (χ1v) is 16.1. The van der Waals surface area contributed by atoms with Crippen molar-refractivity contribution in [1.82, 2.24) is 15.5 Å². The smallest absolute Gasteiger partial charge is 0.315 e. The maximum absolute atomic E-state index is 12.0. The minimum absolute atomic E-state index is 0.0189. The number of rotatable bonds is 12. The number of aliphatic hydroxyl groups is 1. The van der Waals surface area contributed by atoms with Gasteiger partial charge in [0.25, 0.3) is 0 Å². The molecule has 3 aromatic rings. The first kappa shape index (κ1) is 31.9. The molecular weight excluding hydrogens is 550 g/mol. The van der Waals surface area contributed by atoms with E-state index < -0.39 is 6.29 Å². The van der Waals surface area contributed by atoms with Crippen molar-refractivity contribution in [2.75, 3.05) is 19.6 Å². The van der Waals surface area contributed by atoms with Crippen LogP contribution in [0.1, 0.15) is 74.2 Å². The summed E-state index contributed by atoms with van der Waals surface area (Å²) >= 11 is 0. The normalized spacial score (nSPS) is 22.2. The molecule has 4 atom stereocenters. The lowest BCUT2D eigenvalue weighted by Gasteiger charge is -2.43. The molecule has 3 aromatic carbocycles. The summed E-state index contributed by atoms with van der Waals surface area (Å²) < 4.78 is 13.5. The van der Waals surface area contributed by atoms with Gasteiger partial charge in [-0.15, -0.1) is 6.58 Å². The maximum Gasteiger partial charge on any atom is 0.315 e. The molecule has 0 unspecified atom stereocenters. The van der Waals surface area contributed by atoms with Crippen molar-refractivity contribution in [2.24, 2.45) is 5.92 Å². The van der Waals surface area contributed by atoms with Crippen molar-refractivity contribution < 1.29 is 19.4 Å². The lowest BCUT2D eigenvalue weighted by atomic mass is 9.89. The van der Waals surface area contributed by atoms with Gasteiger partial charge in [0.1, 0.15) is 0 Å². The molecule has 0 aromatic heterocycles. The van der Waals surface area contributed by atoms with Crippen LogP contribution in [0.25, 0.3) is 11.1 Å². The highest BCUT2D eigenvalue weighted by Gasteiger charge is 2.40. The summed E-state index contributed by atoms with van der Waals surface area (Å²) in [5.74, 6) is 0.128. The molecule has 2 aliphatic rings. The van der Waals surface area contributed by atoms with Gasteiger partial charge in [-0.3, -0.25) is 4.90 Å². The van der Waals surface area contributed by atoms with E-state index in [1.165, 1.54) is 25.7 Å². The zero-order valence-electron chi connectivity index (χ0n) is 26.1. The van der Waals surface area contributed by atoms with Gasteiger partial charge in [0.05, 0.1) is 18.8 Å². The summed E-state index contributed by atoms with van der Waals surface area (Å²) in [6, 6.07) is 25.0. The van der Waals surface area contributed by atoms with Crippen LogP contribution in [0.2, 0.25) is 0 Å². The van der Waals surface area contributed by atoms with E-state index in [4.69, 9.17) is 9.47 Å². The van der Waals surface area contributed by atoms with Crippen LogP contribution in [-0.2, 0) is 22.6 Å². The summed E-state index contributed by atoms with van der Waals surface area (Å²) in [5, 5.41) is 15.3.